The molecule has 0 radical (unpaired) electrons. The second kappa shape index (κ2) is 7.04. The number of carbonyl (C=O) groups excluding carboxylic acids is 1. The molecule has 1 aliphatic rings. The fourth-order valence-electron chi connectivity index (χ4n) is 2.69. The van der Waals surface area contributed by atoms with Crippen molar-refractivity contribution in [1.29, 1.82) is 0 Å². The van der Waals surface area contributed by atoms with E-state index in [-0.39, 0.29) is 5.91 Å². The van der Waals surface area contributed by atoms with Crippen molar-refractivity contribution in [2.45, 2.75) is 6.92 Å². The van der Waals surface area contributed by atoms with E-state index in [0.717, 1.165) is 26.2 Å². The van der Waals surface area contributed by atoms with Crippen LogP contribution in [0.1, 0.15) is 11.3 Å². The minimum absolute atomic E-state index is 0.0291. The molecule has 1 aliphatic heterocycles. The quantitative estimate of drug-likeness (QED) is 0.768. The van der Waals surface area contributed by atoms with Gasteiger partial charge in [0.1, 0.15) is 5.76 Å². The van der Waals surface area contributed by atoms with Crippen LogP contribution in [0.25, 0.3) is 6.08 Å². The number of aryl methyl sites for hydroxylation is 1. The van der Waals surface area contributed by atoms with E-state index in [1.165, 1.54) is 11.3 Å². The predicted molar refractivity (Wildman–Crippen MR) is 95.4 cm³/mol. The Morgan fingerprint density at radius 1 is 1.17 bits per heavy atom. The van der Waals surface area contributed by atoms with Crippen molar-refractivity contribution in [2.75, 3.05) is 31.1 Å². The van der Waals surface area contributed by atoms with Gasteiger partial charge in [-0.25, -0.2) is 0 Å². The zero-order valence-corrected chi connectivity index (χ0v) is 14.6. The summed E-state index contributed by atoms with van der Waals surface area (Å²) in [7, 11) is 0. The van der Waals surface area contributed by atoms with Gasteiger partial charge in [-0.05, 0) is 58.8 Å². The number of hydrogen-bond donors (Lipinski definition) is 0. The third kappa shape index (κ3) is 4.05. The molecule has 3 rings (SSSR count). The van der Waals surface area contributed by atoms with Crippen LogP contribution in [0.4, 0.5) is 5.69 Å². The lowest BCUT2D eigenvalue weighted by atomic mass is 10.2. The van der Waals surface area contributed by atoms with Gasteiger partial charge in [-0.1, -0.05) is 12.1 Å². The van der Waals surface area contributed by atoms with E-state index >= 15 is 0 Å². The number of furan rings is 1. The van der Waals surface area contributed by atoms with Crippen LogP contribution in [-0.2, 0) is 4.79 Å². The van der Waals surface area contributed by atoms with Gasteiger partial charge in [0.2, 0.25) is 5.91 Å². The summed E-state index contributed by atoms with van der Waals surface area (Å²) < 4.78 is 6.02. The molecule has 5 heteroatoms. The topological polar surface area (TPSA) is 36.7 Å². The van der Waals surface area contributed by atoms with Gasteiger partial charge in [-0.3, -0.25) is 4.79 Å². The Kier molecular flexibility index (Phi) is 4.86. The third-order valence-corrected chi connectivity index (χ3v) is 4.37. The van der Waals surface area contributed by atoms with E-state index in [4.69, 9.17) is 4.42 Å². The van der Waals surface area contributed by atoms with Crippen LogP contribution in [0.15, 0.2) is 51.6 Å². The number of rotatable bonds is 3. The smallest absolute Gasteiger partial charge is 0.246 e. The van der Waals surface area contributed by atoms with Crippen LogP contribution in [0.5, 0.6) is 0 Å². The molecule has 0 aliphatic carbocycles. The molecule has 0 unspecified atom stereocenters. The molecule has 1 aromatic heterocycles. The van der Waals surface area contributed by atoms with Crippen molar-refractivity contribution in [1.82, 2.24) is 4.90 Å². The number of nitrogens with zero attached hydrogens (tertiary/aromatic N) is 2. The Labute approximate surface area is 144 Å². The average molecular weight is 375 g/mol. The van der Waals surface area contributed by atoms with Crippen LogP contribution in [-0.4, -0.2) is 37.0 Å². The van der Waals surface area contributed by atoms with Gasteiger partial charge in [0.15, 0.2) is 4.67 Å². The minimum Gasteiger partial charge on any atom is -0.450 e. The van der Waals surface area contributed by atoms with E-state index < -0.39 is 0 Å². The molecule has 2 aromatic rings. The minimum atomic E-state index is 0.0291. The standard InChI is InChI=1S/C18H19BrN2O2/c1-14-3-2-4-15(13-14)20-9-11-21(12-10-20)18(22)8-6-16-5-7-17(19)23-16/h2-8,13H,9-12H2,1H3/b8-6+. The Morgan fingerprint density at radius 2 is 1.96 bits per heavy atom. The lowest BCUT2D eigenvalue weighted by Crippen LogP contribution is -2.48. The molecule has 1 saturated heterocycles. The summed E-state index contributed by atoms with van der Waals surface area (Å²) in [6.07, 6.45) is 3.29. The summed E-state index contributed by atoms with van der Waals surface area (Å²) in [6.45, 7) is 5.28. The van der Waals surface area contributed by atoms with Gasteiger partial charge in [0.05, 0.1) is 0 Å². The SMILES string of the molecule is Cc1cccc(N2CCN(C(=O)/C=C/c3ccc(Br)o3)CC2)c1. The first-order chi connectivity index (χ1) is 11.1. The van der Waals surface area contributed by atoms with Gasteiger partial charge in [-0.2, -0.15) is 0 Å². The number of anilines is 1. The molecule has 0 spiro atoms. The molecule has 1 aromatic carbocycles. The first kappa shape index (κ1) is 15.9. The Hall–Kier alpha value is -2.01. The van der Waals surface area contributed by atoms with Gasteiger partial charge in [0.25, 0.3) is 0 Å². The molecule has 0 saturated carbocycles. The van der Waals surface area contributed by atoms with E-state index in [1.807, 2.05) is 17.0 Å². The highest BCUT2D eigenvalue weighted by atomic mass is 79.9. The second-order valence-corrected chi connectivity index (χ2v) is 6.41. The number of benzene rings is 1. The Balaban J connectivity index is 1.56. The summed E-state index contributed by atoms with van der Waals surface area (Å²) in [5.41, 5.74) is 2.49. The first-order valence-electron chi connectivity index (χ1n) is 7.66. The van der Waals surface area contributed by atoms with E-state index in [1.54, 1.807) is 12.2 Å². The lowest BCUT2D eigenvalue weighted by Gasteiger charge is -2.35. The predicted octanol–water partition coefficient (Wildman–Crippen LogP) is 3.71. The Bertz CT molecular complexity index is 715. The van der Waals surface area contributed by atoms with Crippen LogP contribution < -0.4 is 4.90 Å². The third-order valence-electron chi connectivity index (χ3n) is 3.94. The molecule has 0 N–H and O–H groups in total. The van der Waals surface area contributed by atoms with Crippen molar-refractivity contribution < 1.29 is 9.21 Å². The maximum Gasteiger partial charge on any atom is 0.246 e. The molecule has 4 nitrogen and oxygen atoms in total. The highest BCUT2D eigenvalue weighted by molar-refractivity contribution is 9.10. The van der Waals surface area contributed by atoms with Crippen molar-refractivity contribution in [3.63, 3.8) is 0 Å². The van der Waals surface area contributed by atoms with Gasteiger partial charge in [-0.15, -0.1) is 0 Å². The van der Waals surface area contributed by atoms with Crippen molar-refractivity contribution in [2.24, 2.45) is 0 Å². The number of halogens is 1. The molecule has 1 amide bonds. The molecule has 120 valence electrons. The van der Waals surface area contributed by atoms with Gasteiger partial charge < -0.3 is 14.2 Å². The maximum absolute atomic E-state index is 12.2. The number of hydrogen-bond acceptors (Lipinski definition) is 3. The van der Waals surface area contributed by atoms with Crippen LogP contribution >= 0.6 is 15.9 Å². The second-order valence-electron chi connectivity index (χ2n) is 5.63. The molecular weight excluding hydrogens is 356 g/mol. The monoisotopic (exact) mass is 374 g/mol. The molecule has 2 heterocycles. The summed E-state index contributed by atoms with van der Waals surface area (Å²) in [5, 5.41) is 0. The van der Waals surface area contributed by atoms with E-state index in [9.17, 15) is 4.79 Å². The molecular formula is C18H19BrN2O2. The number of carbonyl (C=O) groups is 1. The zero-order valence-electron chi connectivity index (χ0n) is 13.0. The zero-order chi connectivity index (χ0) is 16.2. The molecule has 23 heavy (non-hydrogen) atoms. The molecule has 0 atom stereocenters. The molecule has 0 bridgehead atoms. The lowest BCUT2D eigenvalue weighted by molar-refractivity contribution is -0.126. The number of piperazine rings is 1. The normalized spacial score (nSPS) is 15.4. The van der Waals surface area contributed by atoms with Crippen LogP contribution in [0.3, 0.4) is 0 Å². The summed E-state index contributed by atoms with van der Waals surface area (Å²) >= 11 is 3.25. The maximum atomic E-state index is 12.2. The van der Waals surface area contributed by atoms with E-state index in [2.05, 4.69) is 52.0 Å². The fourth-order valence-corrected chi connectivity index (χ4v) is 3.01. The van der Waals surface area contributed by atoms with Crippen LogP contribution in [0.2, 0.25) is 0 Å². The van der Waals surface area contributed by atoms with Crippen molar-refractivity contribution in [3.8, 4) is 0 Å². The molecule has 1 fully saturated rings. The fraction of sp³-hybridized carbons (Fsp3) is 0.278. The summed E-state index contributed by atoms with van der Waals surface area (Å²) in [4.78, 5) is 16.4. The van der Waals surface area contributed by atoms with Crippen molar-refractivity contribution >= 4 is 33.6 Å². The number of amides is 1. The van der Waals surface area contributed by atoms with E-state index in [0.29, 0.717) is 10.4 Å². The largest absolute Gasteiger partial charge is 0.450 e. The average Bonchev–Trinajstić information content (AvgIpc) is 2.98. The first-order valence-corrected chi connectivity index (χ1v) is 8.45. The van der Waals surface area contributed by atoms with Crippen molar-refractivity contribution in [3.05, 3.63) is 58.5 Å². The van der Waals surface area contributed by atoms with Gasteiger partial charge >= 0.3 is 0 Å². The summed E-state index contributed by atoms with van der Waals surface area (Å²) in [5.74, 6) is 0.699. The Morgan fingerprint density at radius 3 is 2.61 bits per heavy atom. The van der Waals surface area contributed by atoms with Gasteiger partial charge in [0, 0.05) is 37.9 Å². The highest BCUT2D eigenvalue weighted by Crippen LogP contribution is 2.18. The summed E-state index contributed by atoms with van der Waals surface area (Å²) in [6, 6.07) is 12.1. The highest BCUT2D eigenvalue weighted by Gasteiger charge is 2.19. The van der Waals surface area contributed by atoms with Crippen LogP contribution in [0, 0.1) is 6.92 Å².